The summed E-state index contributed by atoms with van der Waals surface area (Å²) in [4.78, 5) is 2.23. The Kier molecular flexibility index (Phi) is 3.29. The van der Waals surface area contributed by atoms with Gasteiger partial charge in [-0.25, -0.2) is 0 Å². The highest BCUT2D eigenvalue weighted by Crippen LogP contribution is 2.44. The third-order valence-electron chi connectivity index (χ3n) is 3.63. The molecule has 0 saturated heterocycles. The monoisotopic (exact) mass is 234 g/mol. The molecule has 1 atom stereocenters. The molecule has 3 heteroatoms. The standard InChI is InChI=1S/C14H22N2O/c1-14(8-9-16(2)3)10-15-11-6-5-7-12(17-4)13(11)14/h5-7,15H,8-10H2,1-4H3/t14-/m1/s1. The van der Waals surface area contributed by atoms with Crippen LogP contribution in [0.3, 0.4) is 0 Å². The molecule has 1 aliphatic heterocycles. The molecule has 0 radical (unpaired) electrons. The van der Waals surface area contributed by atoms with E-state index in [1.807, 2.05) is 6.07 Å². The zero-order valence-corrected chi connectivity index (χ0v) is 11.2. The van der Waals surface area contributed by atoms with E-state index in [1.54, 1.807) is 7.11 Å². The summed E-state index contributed by atoms with van der Waals surface area (Å²) in [5, 5.41) is 3.49. The summed E-state index contributed by atoms with van der Waals surface area (Å²) in [5.74, 6) is 1.01. The average molecular weight is 234 g/mol. The van der Waals surface area contributed by atoms with E-state index in [0.29, 0.717) is 0 Å². The maximum atomic E-state index is 5.51. The van der Waals surface area contributed by atoms with Crippen molar-refractivity contribution in [1.29, 1.82) is 0 Å². The van der Waals surface area contributed by atoms with E-state index in [4.69, 9.17) is 4.74 Å². The SMILES string of the molecule is COc1cccc2c1[C@](C)(CCN(C)C)CN2. The highest BCUT2D eigenvalue weighted by Gasteiger charge is 2.36. The summed E-state index contributed by atoms with van der Waals surface area (Å²) in [7, 11) is 5.99. The Labute approximate surface area is 104 Å². The molecule has 0 spiro atoms. The molecule has 1 N–H and O–H groups in total. The lowest BCUT2D eigenvalue weighted by molar-refractivity contribution is 0.332. The average Bonchev–Trinajstić information content (AvgIpc) is 2.66. The van der Waals surface area contributed by atoms with Gasteiger partial charge in [-0.15, -0.1) is 0 Å². The predicted molar refractivity (Wildman–Crippen MR) is 72.0 cm³/mol. The van der Waals surface area contributed by atoms with E-state index in [9.17, 15) is 0 Å². The number of rotatable bonds is 4. The second-order valence-corrected chi connectivity index (χ2v) is 5.35. The Morgan fingerprint density at radius 1 is 1.41 bits per heavy atom. The molecule has 0 aromatic heterocycles. The van der Waals surface area contributed by atoms with Crippen molar-refractivity contribution in [3.05, 3.63) is 23.8 Å². The van der Waals surface area contributed by atoms with Gasteiger partial charge >= 0.3 is 0 Å². The van der Waals surface area contributed by atoms with Gasteiger partial charge in [-0.3, -0.25) is 0 Å². The lowest BCUT2D eigenvalue weighted by atomic mass is 9.80. The Morgan fingerprint density at radius 2 is 2.18 bits per heavy atom. The van der Waals surface area contributed by atoms with Crippen molar-refractivity contribution in [2.24, 2.45) is 0 Å². The van der Waals surface area contributed by atoms with Gasteiger partial charge < -0.3 is 15.0 Å². The summed E-state index contributed by atoms with van der Waals surface area (Å²) in [6.45, 7) is 4.41. The fourth-order valence-corrected chi connectivity index (χ4v) is 2.53. The Balaban J connectivity index is 2.30. The molecule has 0 aliphatic carbocycles. The minimum atomic E-state index is 0.173. The fourth-order valence-electron chi connectivity index (χ4n) is 2.53. The number of fused-ring (bicyclic) bond motifs is 1. The number of ether oxygens (including phenoxy) is 1. The Hall–Kier alpha value is -1.22. The molecule has 1 heterocycles. The van der Waals surface area contributed by atoms with Crippen LogP contribution >= 0.6 is 0 Å². The van der Waals surface area contributed by atoms with E-state index in [0.717, 1.165) is 25.3 Å². The quantitative estimate of drug-likeness (QED) is 0.865. The molecule has 2 rings (SSSR count). The van der Waals surface area contributed by atoms with Gasteiger partial charge in [0.2, 0.25) is 0 Å². The van der Waals surface area contributed by atoms with Crippen LogP contribution in [-0.4, -0.2) is 39.2 Å². The lowest BCUT2D eigenvalue weighted by Crippen LogP contribution is -2.29. The number of hydrogen-bond donors (Lipinski definition) is 1. The van der Waals surface area contributed by atoms with Crippen molar-refractivity contribution < 1.29 is 4.74 Å². The van der Waals surface area contributed by atoms with E-state index >= 15 is 0 Å². The smallest absolute Gasteiger partial charge is 0.124 e. The molecular weight excluding hydrogens is 212 g/mol. The van der Waals surface area contributed by atoms with Crippen molar-refractivity contribution >= 4 is 5.69 Å². The highest BCUT2D eigenvalue weighted by molar-refractivity contribution is 5.65. The zero-order chi connectivity index (χ0) is 12.5. The summed E-state index contributed by atoms with van der Waals surface area (Å²) in [6.07, 6.45) is 1.14. The molecule has 94 valence electrons. The van der Waals surface area contributed by atoms with Gasteiger partial charge in [-0.2, -0.15) is 0 Å². The van der Waals surface area contributed by atoms with Crippen molar-refractivity contribution in [2.75, 3.05) is 39.6 Å². The van der Waals surface area contributed by atoms with Crippen LogP contribution in [0.2, 0.25) is 0 Å². The van der Waals surface area contributed by atoms with Crippen LogP contribution < -0.4 is 10.1 Å². The number of nitrogens with one attached hydrogen (secondary N) is 1. The molecule has 0 fully saturated rings. The first kappa shape index (κ1) is 12.2. The van der Waals surface area contributed by atoms with Crippen LogP contribution in [0.1, 0.15) is 18.9 Å². The van der Waals surface area contributed by atoms with Crippen LogP contribution in [0.5, 0.6) is 5.75 Å². The van der Waals surface area contributed by atoms with Crippen LogP contribution in [-0.2, 0) is 5.41 Å². The summed E-state index contributed by atoms with van der Waals surface area (Å²) in [5.41, 5.74) is 2.74. The molecule has 0 amide bonds. The molecule has 17 heavy (non-hydrogen) atoms. The molecule has 3 nitrogen and oxygen atoms in total. The van der Waals surface area contributed by atoms with Crippen LogP contribution in [0.15, 0.2) is 18.2 Å². The van der Waals surface area contributed by atoms with E-state index in [-0.39, 0.29) is 5.41 Å². The second-order valence-electron chi connectivity index (χ2n) is 5.35. The van der Waals surface area contributed by atoms with Gasteiger partial charge in [0.25, 0.3) is 0 Å². The van der Waals surface area contributed by atoms with Gasteiger partial charge in [0, 0.05) is 23.2 Å². The topological polar surface area (TPSA) is 24.5 Å². The third-order valence-corrected chi connectivity index (χ3v) is 3.63. The molecule has 1 aromatic rings. The number of methoxy groups -OCH3 is 1. The first-order valence-corrected chi connectivity index (χ1v) is 6.13. The predicted octanol–water partition coefficient (Wildman–Crippen LogP) is 2.33. The number of anilines is 1. The van der Waals surface area contributed by atoms with Gasteiger partial charge in [0.15, 0.2) is 0 Å². The molecule has 1 aromatic carbocycles. The zero-order valence-electron chi connectivity index (χ0n) is 11.2. The molecule has 1 aliphatic rings. The minimum Gasteiger partial charge on any atom is -0.496 e. The first-order valence-electron chi connectivity index (χ1n) is 6.13. The van der Waals surface area contributed by atoms with Crippen molar-refractivity contribution in [3.63, 3.8) is 0 Å². The maximum absolute atomic E-state index is 5.51. The number of benzene rings is 1. The summed E-state index contributed by atoms with van der Waals surface area (Å²) < 4.78 is 5.51. The van der Waals surface area contributed by atoms with E-state index in [1.165, 1.54) is 11.3 Å². The summed E-state index contributed by atoms with van der Waals surface area (Å²) >= 11 is 0. The van der Waals surface area contributed by atoms with Crippen LogP contribution in [0.25, 0.3) is 0 Å². The normalized spacial score (nSPS) is 22.4. The van der Waals surface area contributed by atoms with Gasteiger partial charge in [-0.1, -0.05) is 13.0 Å². The minimum absolute atomic E-state index is 0.173. The van der Waals surface area contributed by atoms with E-state index in [2.05, 4.69) is 43.4 Å². The second kappa shape index (κ2) is 4.57. The molecule has 0 saturated carbocycles. The van der Waals surface area contributed by atoms with Gasteiger partial charge in [0.05, 0.1) is 7.11 Å². The van der Waals surface area contributed by atoms with Crippen LogP contribution in [0.4, 0.5) is 5.69 Å². The van der Waals surface area contributed by atoms with Gasteiger partial charge in [0.1, 0.15) is 5.75 Å². The third kappa shape index (κ3) is 2.25. The number of nitrogens with zero attached hydrogens (tertiary/aromatic N) is 1. The van der Waals surface area contributed by atoms with Crippen molar-refractivity contribution in [3.8, 4) is 5.75 Å². The lowest BCUT2D eigenvalue weighted by Gasteiger charge is -2.27. The largest absolute Gasteiger partial charge is 0.496 e. The molecule has 0 unspecified atom stereocenters. The fraction of sp³-hybridized carbons (Fsp3) is 0.571. The molecule has 0 bridgehead atoms. The van der Waals surface area contributed by atoms with E-state index < -0.39 is 0 Å². The highest BCUT2D eigenvalue weighted by atomic mass is 16.5. The van der Waals surface area contributed by atoms with Crippen molar-refractivity contribution in [2.45, 2.75) is 18.8 Å². The van der Waals surface area contributed by atoms with Crippen LogP contribution in [0, 0.1) is 0 Å². The number of hydrogen-bond acceptors (Lipinski definition) is 3. The maximum Gasteiger partial charge on any atom is 0.124 e. The molecular formula is C14H22N2O. The Bertz CT molecular complexity index is 403. The first-order chi connectivity index (χ1) is 8.07. The summed E-state index contributed by atoms with van der Waals surface area (Å²) in [6, 6.07) is 6.24. The van der Waals surface area contributed by atoms with Gasteiger partial charge in [-0.05, 0) is 39.2 Å². The Morgan fingerprint density at radius 3 is 2.82 bits per heavy atom. The van der Waals surface area contributed by atoms with Crippen molar-refractivity contribution in [1.82, 2.24) is 4.90 Å².